The number of ether oxygens (including phenoxy) is 3. The summed E-state index contributed by atoms with van der Waals surface area (Å²) in [5, 5.41) is 2.86. The molecule has 0 bridgehead atoms. The molecule has 0 fully saturated rings. The van der Waals surface area contributed by atoms with Gasteiger partial charge in [0.15, 0.2) is 6.61 Å². The zero-order valence-corrected chi connectivity index (χ0v) is 14.8. The van der Waals surface area contributed by atoms with E-state index in [4.69, 9.17) is 14.2 Å². The van der Waals surface area contributed by atoms with Crippen molar-refractivity contribution in [1.29, 1.82) is 0 Å². The third-order valence-corrected chi connectivity index (χ3v) is 3.63. The molecule has 2 rings (SSSR count). The van der Waals surface area contributed by atoms with Crippen LogP contribution in [-0.2, 0) is 11.2 Å². The molecular formula is C20H25NO4. The van der Waals surface area contributed by atoms with Gasteiger partial charge in [0.05, 0.1) is 13.7 Å². The number of amides is 1. The molecule has 0 saturated carbocycles. The summed E-state index contributed by atoms with van der Waals surface area (Å²) in [5.41, 5.74) is 1.23. The Morgan fingerprint density at radius 1 is 0.920 bits per heavy atom. The third-order valence-electron chi connectivity index (χ3n) is 3.63. The van der Waals surface area contributed by atoms with E-state index in [1.165, 1.54) is 5.56 Å². The monoisotopic (exact) mass is 343 g/mol. The fourth-order valence-electron chi connectivity index (χ4n) is 2.31. The van der Waals surface area contributed by atoms with Gasteiger partial charge in [0.2, 0.25) is 0 Å². The quantitative estimate of drug-likeness (QED) is 0.673. The minimum absolute atomic E-state index is 0.00931. The Hall–Kier alpha value is -2.69. The molecule has 1 N–H and O–H groups in total. The van der Waals surface area contributed by atoms with Gasteiger partial charge in [0, 0.05) is 6.54 Å². The van der Waals surface area contributed by atoms with Crippen LogP contribution >= 0.6 is 0 Å². The first-order valence-electron chi connectivity index (χ1n) is 8.46. The van der Waals surface area contributed by atoms with Gasteiger partial charge in [0.25, 0.3) is 5.91 Å². The predicted molar refractivity (Wildman–Crippen MR) is 97.4 cm³/mol. The molecule has 0 aliphatic carbocycles. The number of hydrogen-bond donors (Lipinski definition) is 1. The van der Waals surface area contributed by atoms with Crippen LogP contribution in [0.15, 0.2) is 48.5 Å². The molecule has 0 saturated heterocycles. The van der Waals surface area contributed by atoms with E-state index in [1.807, 2.05) is 19.1 Å². The first-order valence-corrected chi connectivity index (χ1v) is 8.46. The van der Waals surface area contributed by atoms with Crippen LogP contribution in [0, 0.1) is 0 Å². The van der Waals surface area contributed by atoms with Crippen molar-refractivity contribution in [3.63, 3.8) is 0 Å². The summed E-state index contributed by atoms with van der Waals surface area (Å²) < 4.78 is 15.9. The molecular weight excluding hydrogens is 318 g/mol. The standard InChI is InChI=1S/C20H25NO4/c1-3-24-18-8-6-16(7-9-18)5-4-14-21-20(22)15-25-19-12-10-17(23-2)11-13-19/h6-13H,3-5,14-15H2,1-2H3,(H,21,22). The molecule has 0 unspecified atom stereocenters. The maximum absolute atomic E-state index is 11.8. The molecule has 25 heavy (non-hydrogen) atoms. The van der Waals surface area contributed by atoms with Crippen molar-refractivity contribution in [3.05, 3.63) is 54.1 Å². The maximum atomic E-state index is 11.8. The van der Waals surface area contributed by atoms with E-state index in [0.29, 0.717) is 18.9 Å². The summed E-state index contributed by atoms with van der Waals surface area (Å²) in [6.45, 7) is 3.27. The number of hydrogen-bond acceptors (Lipinski definition) is 4. The average Bonchev–Trinajstić information content (AvgIpc) is 2.65. The summed E-state index contributed by atoms with van der Waals surface area (Å²) in [6, 6.07) is 15.2. The summed E-state index contributed by atoms with van der Waals surface area (Å²) in [4.78, 5) is 11.8. The normalized spacial score (nSPS) is 10.2. The number of methoxy groups -OCH3 is 1. The van der Waals surface area contributed by atoms with Gasteiger partial charge >= 0.3 is 0 Å². The highest BCUT2D eigenvalue weighted by atomic mass is 16.5. The van der Waals surface area contributed by atoms with E-state index in [2.05, 4.69) is 17.4 Å². The lowest BCUT2D eigenvalue weighted by Gasteiger charge is -2.08. The Bertz CT molecular complexity index is 638. The molecule has 5 heteroatoms. The van der Waals surface area contributed by atoms with E-state index in [1.54, 1.807) is 31.4 Å². The van der Waals surface area contributed by atoms with Crippen LogP contribution in [-0.4, -0.2) is 32.8 Å². The van der Waals surface area contributed by atoms with Crippen molar-refractivity contribution in [1.82, 2.24) is 5.32 Å². The van der Waals surface area contributed by atoms with Crippen molar-refractivity contribution < 1.29 is 19.0 Å². The third kappa shape index (κ3) is 6.75. The molecule has 134 valence electrons. The zero-order chi connectivity index (χ0) is 17.9. The van der Waals surface area contributed by atoms with Crippen molar-refractivity contribution in [3.8, 4) is 17.2 Å². The van der Waals surface area contributed by atoms with E-state index < -0.39 is 0 Å². The fourth-order valence-corrected chi connectivity index (χ4v) is 2.31. The van der Waals surface area contributed by atoms with Gasteiger partial charge in [-0.25, -0.2) is 0 Å². The smallest absolute Gasteiger partial charge is 0.257 e. The largest absolute Gasteiger partial charge is 0.497 e. The van der Waals surface area contributed by atoms with E-state index in [9.17, 15) is 4.79 Å². The van der Waals surface area contributed by atoms with Crippen LogP contribution in [0.2, 0.25) is 0 Å². The Morgan fingerprint density at radius 3 is 2.16 bits per heavy atom. The molecule has 2 aromatic rings. The van der Waals surface area contributed by atoms with Crippen molar-refractivity contribution >= 4 is 5.91 Å². The highest BCUT2D eigenvalue weighted by Crippen LogP contribution is 2.16. The lowest BCUT2D eigenvalue weighted by molar-refractivity contribution is -0.123. The first kappa shape index (κ1) is 18.6. The zero-order valence-electron chi connectivity index (χ0n) is 14.8. The number of nitrogens with one attached hydrogen (secondary N) is 1. The Balaban J connectivity index is 1.61. The van der Waals surface area contributed by atoms with Crippen LogP contribution in [0.3, 0.4) is 0 Å². The Kier molecular flexibility index (Phi) is 7.63. The molecule has 0 aliphatic rings. The molecule has 0 atom stereocenters. The number of rotatable bonds is 10. The number of aryl methyl sites for hydroxylation is 1. The van der Waals surface area contributed by atoms with Crippen LogP contribution in [0.5, 0.6) is 17.2 Å². The van der Waals surface area contributed by atoms with Gasteiger partial charge in [-0.2, -0.15) is 0 Å². The molecule has 5 nitrogen and oxygen atoms in total. The lowest BCUT2D eigenvalue weighted by atomic mass is 10.1. The molecule has 1 amide bonds. The second kappa shape index (κ2) is 10.2. The van der Waals surface area contributed by atoms with Crippen molar-refractivity contribution in [2.75, 3.05) is 26.9 Å². The van der Waals surface area contributed by atoms with E-state index in [0.717, 1.165) is 24.3 Å². The highest BCUT2D eigenvalue weighted by molar-refractivity contribution is 5.77. The van der Waals surface area contributed by atoms with Crippen LogP contribution in [0.1, 0.15) is 18.9 Å². The maximum Gasteiger partial charge on any atom is 0.257 e. The summed E-state index contributed by atoms with van der Waals surface area (Å²) in [7, 11) is 1.61. The van der Waals surface area contributed by atoms with Crippen molar-refractivity contribution in [2.45, 2.75) is 19.8 Å². The SMILES string of the molecule is CCOc1ccc(CCCNC(=O)COc2ccc(OC)cc2)cc1. The van der Waals surface area contributed by atoms with Gasteiger partial charge in [-0.05, 0) is 61.7 Å². The predicted octanol–water partition coefficient (Wildman–Crippen LogP) is 3.22. The summed E-state index contributed by atoms with van der Waals surface area (Å²) in [5.74, 6) is 2.16. The average molecular weight is 343 g/mol. The Morgan fingerprint density at radius 2 is 1.52 bits per heavy atom. The molecule has 0 heterocycles. The van der Waals surface area contributed by atoms with Crippen LogP contribution in [0.25, 0.3) is 0 Å². The second-order valence-corrected chi connectivity index (χ2v) is 5.49. The summed E-state index contributed by atoms with van der Waals surface area (Å²) >= 11 is 0. The number of carbonyl (C=O) groups is 1. The lowest BCUT2D eigenvalue weighted by Crippen LogP contribution is -2.29. The topological polar surface area (TPSA) is 56.8 Å². The molecule has 0 aliphatic heterocycles. The van der Waals surface area contributed by atoms with Crippen LogP contribution in [0.4, 0.5) is 0 Å². The number of carbonyl (C=O) groups excluding carboxylic acids is 1. The van der Waals surface area contributed by atoms with Gasteiger partial charge in [-0.1, -0.05) is 12.1 Å². The first-order chi connectivity index (χ1) is 12.2. The minimum atomic E-state index is -0.123. The second-order valence-electron chi connectivity index (χ2n) is 5.49. The molecule has 0 radical (unpaired) electrons. The number of benzene rings is 2. The van der Waals surface area contributed by atoms with E-state index in [-0.39, 0.29) is 12.5 Å². The Labute approximate surface area is 148 Å². The highest BCUT2D eigenvalue weighted by Gasteiger charge is 2.03. The van der Waals surface area contributed by atoms with Crippen LogP contribution < -0.4 is 19.5 Å². The molecule has 2 aromatic carbocycles. The molecule has 0 aromatic heterocycles. The van der Waals surface area contributed by atoms with E-state index >= 15 is 0 Å². The van der Waals surface area contributed by atoms with Gasteiger partial charge in [0.1, 0.15) is 17.2 Å². The molecule has 0 spiro atoms. The van der Waals surface area contributed by atoms with Crippen molar-refractivity contribution in [2.24, 2.45) is 0 Å². The summed E-state index contributed by atoms with van der Waals surface area (Å²) in [6.07, 6.45) is 1.79. The minimum Gasteiger partial charge on any atom is -0.497 e. The fraction of sp³-hybridized carbons (Fsp3) is 0.350. The van der Waals surface area contributed by atoms with Gasteiger partial charge in [-0.3, -0.25) is 4.79 Å². The van der Waals surface area contributed by atoms with Gasteiger partial charge in [-0.15, -0.1) is 0 Å². The van der Waals surface area contributed by atoms with Gasteiger partial charge < -0.3 is 19.5 Å².